The van der Waals surface area contributed by atoms with Crippen molar-refractivity contribution in [3.8, 4) is 5.75 Å². The topological polar surface area (TPSA) is 50.8 Å². The molecule has 1 N–H and O–H groups in total. The lowest BCUT2D eigenvalue weighted by molar-refractivity contribution is -0.117. The van der Waals surface area contributed by atoms with Crippen molar-refractivity contribution in [2.45, 2.75) is 6.54 Å². The number of nitrogens with one attached hydrogen (secondary N) is 1. The van der Waals surface area contributed by atoms with Gasteiger partial charge in [-0.3, -0.25) is 9.69 Å². The number of carbonyl (C=O) groups is 1. The summed E-state index contributed by atoms with van der Waals surface area (Å²) in [6, 6.07) is 17.4. The van der Waals surface area contributed by atoms with E-state index in [4.69, 9.17) is 9.47 Å². The molecule has 0 fully saturated rings. The van der Waals surface area contributed by atoms with Crippen molar-refractivity contribution in [2.75, 3.05) is 39.2 Å². The first-order valence-electron chi connectivity index (χ1n) is 7.91. The number of methoxy groups -OCH3 is 1. The van der Waals surface area contributed by atoms with Crippen molar-refractivity contribution in [3.63, 3.8) is 0 Å². The summed E-state index contributed by atoms with van der Waals surface area (Å²) in [7, 11) is 3.57. The van der Waals surface area contributed by atoms with Gasteiger partial charge in [0.1, 0.15) is 12.4 Å². The van der Waals surface area contributed by atoms with Crippen LogP contribution in [0.1, 0.15) is 5.56 Å². The van der Waals surface area contributed by atoms with E-state index < -0.39 is 0 Å². The maximum absolute atomic E-state index is 12.1. The average molecular weight is 328 g/mol. The first kappa shape index (κ1) is 18.0. The van der Waals surface area contributed by atoms with Crippen LogP contribution in [0.3, 0.4) is 0 Å². The molecule has 24 heavy (non-hydrogen) atoms. The first-order chi connectivity index (χ1) is 11.7. The molecule has 0 unspecified atom stereocenters. The summed E-state index contributed by atoms with van der Waals surface area (Å²) < 4.78 is 10.4. The van der Waals surface area contributed by atoms with Gasteiger partial charge in [-0.2, -0.15) is 0 Å². The Labute approximate surface area is 143 Å². The zero-order valence-corrected chi connectivity index (χ0v) is 14.2. The molecule has 0 aliphatic rings. The molecule has 0 heterocycles. The Morgan fingerprint density at radius 2 is 1.75 bits per heavy atom. The molecule has 1 amide bonds. The number of hydrogen-bond acceptors (Lipinski definition) is 4. The minimum absolute atomic E-state index is 0.0403. The summed E-state index contributed by atoms with van der Waals surface area (Å²) in [5, 5.41) is 2.89. The van der Waals surface area contributed by atoms with E-state index in [0.29, 0.717) is 19.8 Å². The van der Waals surface area contributed by atoms with Crippen LogP contribution in [0.2, 0.25) is 0 Å². The minimum atomic E-state index is -0.0403. The molecule has 5 nitrogen and oxygen atoms in total. The Kier molecular flexibility index (Phi) is 7.26. The number of amides is 1. The van der Waals surface area contributed by atoms with Crippen molar-refractivity contribution in [1.82, 2.24) is 4.90 Å². The summed E-state index contributed by atoms with van der Waals surface area (Å²) in [5.41, 5.74) is 1.94. The van der Waals surface area contributed by atoms with Gasteiger partial charge in [0.05, 0.1) is 13.2 Å². The van der Waals surface area contributed by atoms with E-state index in [-0.39, 0.29) is 5.91 Å². The van der Waals surface area contributed by atoms with Crippen LogP contribution in [0.5, 0.6) is 5.75 Å². The second-order valence-electron chi connectivity index (χ2n) is 5.57. The van der Waals surface area contributed by atoms with E-state index >= 15 is 0 Å². The number of benzene rings is 2. The lowest BCUT2D eigenvalue weighted by Gasteiger charge is -2.16. The first-order valence-corrected chi connectivity index (χ1v) is 7.91. The van der Waals surface area contributed by atoms with Crippen LogP contribution in [0.25, 0.3) is 0 Å². The van der Waals surface area contributed by atoms with Crippen LogP contribution < -0.4 is 10.1 Å². The van der Waals surface area contributed by atoms with E-state index in [0.717, 1.165) is 18.0 Å². The van der Waals surface area contributed by atoms with E-state index in [1.54, 1.807) is 7.11 Å². The third-order valence-electron chi connectivity index (χ3n) is 3.40. The number of ether oxygens (including phenoxy) is 2. The molecule has 0 aromatic heterocycles. The quantitative estimate of drug-likeness (QED) is 0.719. The lowest BCUT2D eigenvalue weighted by Crippen LogP contribution is -2.29. The standard InChI is InChI=1S/C19H24N2O3/c1-21(14-16-6-4-3-5-7-16)15-19(22)20-17-8-10-18(11-9-17)24-13-12-23-2/h3-11H,12-15H2,1-2H3,(H,20,22). The molecule has 2 aromatic carbocycles. The molecule has 128 valence electrons. The Hall–Kier alpha value is -2.37. The van der Waals surface area contributed by atoms with E-state index in [2.05, 4.69) is 17.4 Å². The third kappa shape index (κ3) is 6.40. The summed E-state index contributed by atoms with van der Waals surface area (Å²) in [6.45, 7) is 2.13. The molecule has 0 aliphatic heterocycles. The molecule has 2 rings (SSSR count). The highest BCUT2D eigenvalue weighted by Gasteiger charge is 2.07. The van der Waals surface area contributed by atoms with Crippen LogP contribution >= 0.6 is 0 Å². The predicted molar refractivity (Wildman–Crippen MR) is 95.2 cm³/mol. The Balaban J connectivity index is 1.77. The molecule has 5 heteroatoms. The van der Waals surface area contributed by atoms with Crippen molar-refractivity contribution >= 4 is 11.6 Å². The van der Waals surface area contributed by atoms with Crippen LogP contribution in [-0.4, -0.2) is 44.7 Å². The molecule has 2 aromatic rings. The zero-order chi connectivity index (χ0) is 17.2. The number of rotatable bonds is 9. The van der Waals surface area contributed by atoms with Crippen molar-refractivity contribution in [1.29, 1.82) is 0 Å². The third-order valence-corrected chi connectivity index (χ3v) is 3.40. The monoisotopic (exact) mass is 328 g/mol. The van der Waals surface area contributed by atoms with Crippen LogP contribution in [-0.2, 0) is 16.1 Å². The van der Waals surface area contributed by atoms with Crippen molar-refractivity contribution < 1.29 is 14.3 Å². The zero-order valence-electron chi connectivity index (χ0n) is 14.2. The smallest absolute Gasteiger partial charge is 0.238 e. The van der Waals surface area contributed by atoms with Gasteiger partial charge < -0.3 is 14.8 Å². The van der Waals surface area contributed by atoms with Crippen LogP contribution in [0.4, 0.5) is 5.69 Å². The molecule has 0 radical (unpaired) electrons. The fraction of sp³-hybridized carbons (Fsp3) is 0.316. The second-order valence-corrected chi connectivity index (χ2v) is 5.57. The fourth-order valence-corrected chi connectivity index (χ4v) is 2.27. The van der Waals surface area contributed by atoms with E-state index in [9.17, 15) is 4.79 Å². The Morgan fingerprint density at radius 3 is 2.42 bits per heavy atom. The van der Waals surface area contributed by atoms with Gasteiger partial charge in [0, 0.05) is 19.3 Å². The Morgan fingerprint density at radius 1 is 1.04 bits per heavy atom. The number of hydrogen-bond donors (Lipinski definition) is 1. The van der Waals surface area contributed by atoms with Gasteiger partial charge in [-0.25, -0.2) is 0 Å². The predicted octanol–water partition coefficient (Wildman–Crippen LogP) is 2.78. The SMILES string of the molecule is COCCOc1ccc(NC(=O)CN(C)Cc2ccccc2)cc1. The normalized spacial score (nSPS) is 10.6. The molecule has 0 saturated heterocycles. The molecule has 0 bridgehead atoms. The van der Waals surface area contributed by atoms with Gasteiger partial charge in [-0.1, -0.05) is 30.3 Å². The number of likely N-dealkylation sites (N-methyl/N-ethyl adjacent to an activating group) is 1. The van der Waals surface area contributed by atoms with Crippen LogP contribution in [0, 0.1) is 0 Å². The average Bonchev–Trinajstić information content (AvgIpc) is 2.57. The van der Waals surface area contributed by atoms with Gasteiger partial charge in [0.15, 0.2) is 0 Å². The molecule has 0 saturated carbocycles. The molecule has 0 atom stereocenters. The van der Waals surface area contributed by atoms with Gasteiger partial charge in [0.2, 0.25) is 5.91 Å². The number of carbonyl (C=O) groups excluding carboxylic acids is 1. The summed E-state index contributed by atoms with van der Waals surface area (Å²) in [4.78, 5) is 14.1. The number of nitrogens with zero attached hydrogens (tertiary/aromatic N) is 1. The summed E-state index contributed by atoms with van der Waals surface area (Å²) in [5.74, 6) is 0.715. The maximum atomic E-state index is 12.1. The van der Waals surface area contributed by atoms with Crippen molar-refractivity contribution in [2.24, 2.45) is 0 Å². The largest absolute Gasteiger partial charge is 0.491 e. The fourth-order valence-electron chi connectivity index (χ4n) is 2.27. The van der Waals surface area contributed by atoms with Gasteiger partial charge >= 0.3 is 0 Å². The second kappa shape index (κ2) is 9.70. The van der Waals surface area contributed by atoms with Gasteiger partial charge in [0.25, 0.3) is 0 Å². The lowest BCUT2D eigenvalue weighted by atomic mass is 10.2. The molecular weight excluding hydrogens is 304 g/mol. The van der Waals surface area contributed by atoms with E-state index in [1.807, 2.05) is 54.4 Å². The maximum Gasteiger partial charge on any atom is 0.238 e. The summed E-state index contributed by atoms with van der Waals surface area (Å²) in [6.07, 6.45) is 0. The highest BCUT2D eigenvalue weighted by molar-refractivity contribution is 5.92. The Bertz CT molecular complexity index is 614. The molecule has 0 spiro atoms. The van der Waals surface area contributed by atoms with Crippen LogP contribution in [0.15, 0.2) is 54.6 Å². The minimum Gasteiger partial charge on any atom is -0.491 e. The summed E-state index contributed by atoms with van der Waals surface area (Å²) >= 11 is 0. The molecule has 0 aliphatic carbocycles. The van der Waals surface area contributed by atoms with E-state index in [1.165, 1.54) is 5.56 Å². The highest BCUT2D eigenvalue weighted by atomic mass is 16.5. The van der Waals surface area contributed by atoms with Crippen molar-refractivity contribution in [3.05, 3.63) is 60.2 Å². The number of anilines is 1. The highest BCUT2D eigenvalue weighted by Crippen LogP contribution is 2.15. The van der Waals surface area contributed by atoms with Gasteiger partial charge in [-0.05, 0) is 36.9 Å². The molecular formula is C19H24N2O3. The van der Waals surface area contributed by atoms with Gasteiger partial charge in [-0.15, -0.1) is 0 Å².